The first kappa shape index (κ1) is 23.8. The molecule has 1 aromatic carbocycles. The number of aromatic nitrogens is 2. The summed E-state index contributed by atoms with van der Waals surface area (Å²) in [6.07, 6.45) is 23.2. The number of nitrogens with zero attached hydrogens (tertiary/aromatic N) is 3. The standard InChI is InChI=1S/C27H37N3S/c28-20-23-14-16-24(17-15-23)25-21-29-27(30-22-25)18-19-31-26-12-10-8-6-4-2-1-3-5-7-9-11-13-26/h14-17,21-22,26H,1-13,18-19H2. The Kier molecular flexibility index (Phi) is 10.9. The predicted molar refractivity (Wildman–Crippen MR) is 132 cm³/mol. The summed E-state index contributed by atoms with van der Waals surface area (Å²) >= 11 is 2.15. The van der Waals surface area contributed by atoms with Crippen LogP contribution in [-0.4, -0.2) is 21.0 Å². The molecule has 0 unspecified atom stereocenters. The van der Waals surface area contributed by atoms with Crippen LogP contribution in [0, 0.1) is 11.3 Å². The third-order valence-electron chi connectivity index (χ3n) is 6.28. The lowest BCUT2D eigenvalue weighted by atomic mass is 10.0. The molecule has 2 aromatic rings. The van der Waals surface area contributed by atoms with Crippen LogP contribution in [0.4, 0.5) is 0 Å². The molecule has 1 aromatic heterocycles. The molecular weight excluding hydrogens is 398 g/mol. The van der Waals surface area contributed by atoms with Crippen molar-refractivity contribution in [2.24, 2.45) is 0 Å². The van der Waals surface area contributed by atoms with Crippen molar-refractivity contribution in [3.8, 4) is 17.2 Å². The summed E-state index contributed by atoms with van der Waals surface area (Å²) in [4.78, 5) is 9.19. The highest BCUT2D eigenvalue weighted by atomic mass is 32.2. The summed E-state index contributed by atoms with van der Waals surface area (Å²) in [6, 6.07) is 9.75. The van der Waals surface area contributed by atoms with E-state index in [0.717, 1.165) is 34.4 Å². The Labute approximate surface area is 193 Å². The molecule has 0 bridgehead atoms. The zero-order valence-electron chi connectivity index (χ0n) is 18.9. The fourth-order valence-electron chi connectivity index (χ4n) is 4.33. The monoisotopic (exact) mass is 435 g/mol. The topological polar surface area (TPSA) is 49.6 Å². The summed E-state index contributed by atoms with van der Waals surface area (Å²) in [7, 11) is 0. The molecule has 0 N–H and O–H groups in total. The Balaban J connectivity index is 1.43. The van der Waals surface area contributed by atoms with Crippen LogP contribution in [0.2, 0.25) is 0 Å². The third kappa shape index (κ3) is 9.03. The molecule has 1 heterocycles. The first-order chi connectivity index (χ1) is 15.3. The predicted octanol–water partition coefficient (Wildman–Crippen LogP) is 7.74. The van der Waals surface area contributed by atoms with E-state index < -0.39 is 0 Å². The number of nitriles is 1. The van der Waals surface area contributed by atoms with Crippen LogP contribution in [0.3, 0.4) is 0 Å². The van der Waals surface area contributed by atoms with E-state index in [1.807, 2.05) is 36.7 Å². The van der Waals surface area contributed by atoms with Gasteiger partial charge in [0.1, 0.15) is 5.82 Å². The Bertz CT molecular complexity index is 766. The summed E-state index contributed by atoms with van der Waals surface area (Å²) in [6.45, 7) is 0. The van der Waals surface area contributed by atoms with Crippen molar-refractivity contribution < 1.29 is 0 Å². The van der Waals surface area contributed by atoms with Gasteiger partial charge < -0.3 is 0 Å². The normalized spacial score (nSPS) is 17.5. The lowest BCUT2D eigenvalue weighted by molar-refractivity contribution is 0.509. The second-order valence-corrected chi connectivity index (χ2v) is 10.2. The minimum Gasteiger partial charge on any atom is -0.241 e. The van der Waals surface area contributed by atoms with Crippen LogP contribution in [0.5, 0.6) is 0 Å². The zero-order valence-corrected chi connectivity index (χ0v) is 19.7. The molecule has 31 heavy (non-hydrogen) atoms. The Morgan fingerprint density at radius 3 is 1.77 bits per heavy atom. The smallest absolute Gasteiger partial charge is 0.129 e. The van der Waals surface area contributed by atoms with Gasteiger partial charge in [0.05, 0.1) is 11.6 Å². The van der Waals surface area contributed by atoms with Crippen LogP contribution in [-0.2, 0) is 6.42 Å². The first-order valence-electron chi connectivity index (χ1n) is 12.3. The molecule has 0 aliphatic heterocycles. The molecule has 1 aliphatic carbocycles. The van der Waals surface area contributed by atoms with Crippen molar-refractivity contribution in [3.05, 3.63) is 48.0 Å². The second kappa shape index (κ2) is 14.2. The van der Waals surface area contributed by atoms with Crippen LogP contribution in [0.15, 0.2) is 36.7 Å². The number of aryl methyl sites for hydroxylation is 1. The largest absolute Gasteiger partial charge is 0.241 e. The van der Waals surface area contributed by atoms with Gasteiger partial charge >= 0.3 is 0 Å². The maximum absolute atomic E-state index is 8.94. The average Bonchev–Trinajstić information content (AvgIpc) is 2.82. The molecule has 1 aliphatic rings. The fraction of sp³-hybridized carbons (Fsp3) is 0.593. The molecule has 3 rings (SSSR count). The van der Waals surface area contributed by atoms with Gasteiger partial charge in [-0.05, 0) is 30.5 Å². The molecule has 1 fully saturated rings. The van der Waals surface area contributed by atoms with Crippen LogP contribution >= 0.6 is 11.8 Å². The van der Waals surface area contributed by atoms with Crippen LogP contribution in [0.1, 0.15) is 94.9 Å². The average molecular weight is 436 g/mol. The van der Waals surface area contributed by atoms with E-state index in [4.69, 9.17) is 5.26 Å². The fourth-order valence-corrected chi connectivity index (χ4v) is 5.63. The summed E-state index contributed by atoms with van der Waals surface area (Å²) in [5.74, 6) is 2.05. The second-order valence-electron chi connectivity index (χ2n) is 8.79. The van der Waals surface area contributed by atoms with Crippen molar-refractivity contribution in [1.29, 1.82) is 5.26 Å². The van der Waals surface area contributed by atoms with E-state index in [0.29, 0.717) is 5.56 Å². The van der Waals surface area contributed by atoms with Gasteiger partial charge in [-0.1, -0.05) is 82.8 Å². The summed E-state index contributed by atoms with van der Waals surface area (Å²) in [5, 5.41) is 9.74. The van der Waals surface area contributed by atoms with Gasteiger partial charge in [0, 0.05) is 35.4 Å². The Hall–Kier alpha value is -1.86. The van der Waals surface area contributed by atoms with Gasteiger partial charge in [-0.15, -0.1) is 0 Å². The lowest BCUT2D eigenvalue weighted by Crippen LogP contribution is -2.06. The summed E-state index contributed by atoms with van der Waals surface area (Å²) in [5.41, 5.74) is 2.74. The highest BCUT2D eigenvalue weighted by Gasteiger charge is 2.10. The van der Waals surface area contributed by atoms with E-state index in [2.05, 4.69) is 27.8 Å². The quantitative estimate of drug-likeness (QED) is 0.482. The van der Waals surface area contributed by atoms with Crippen LogP contribution < -0.4 is 0 Å². The number of thioether (sulfide) groups is 1. The van der Waals surface area contributed by atoms with E-state index in [-0.39, 0.29) is 0 Å². The first-order valence-corrected chi connectivity index (χ1v) is 13.3. The third-order valence-corrected chi connectivity index (χ3v) is 7.67. The molecule has 1 saturated carbocycles. The van der Waals surface area contributed by atoms with E-state index in [9.17, 15) is 0 Å². The van der Waals surface area contributed by atoms with Crippen molar-refractivity contribution >= 4 is 11.8 Å². The van der Waals surface area contributed by atoms with Crippen molar-refractivity contribution in [2.75, 3.05) is 5.75 Å². The van der Waals surface area contributed by atoms with Gasteiger partial charge in [0.25, 0.3) is 0 Å². The highest BCUT2D eigenvalue weighted by Crippen LogP contribution is 2.26. The minimum atomic E-state index is 0.677. The zero-order chi connectivity index (χ0) is 21.6. The maximum Gasteiger partial charge on any atom is 0.129 e. The van der Waals surface area contributed by atoms with E-state index in [1.54, 1.807) is 0 Å². The minimum absolute atomic E-state index is 0.677. The number of hydrogen-bond acceptors (Lipinski definition) is 4. The molecule has 4 heteroatoms. The molecule has 166 valence electrons. The highest BCUT2D eigenvalue weighted by molar-refractivity contribution is 7.99. The van der Waals surface area contributed by atoms with Crippen LogP contribution in [0.25, 0.3) is 11.1 Å². The van der Waals surface area contributed by atoms with Gasteiger partial charge in [-0.2, -0.15) is 17.0 Å². The van der Waals surface area contributed by atoms with Gasteiger partial charge in [-0.25, -0.2) is 9.97 Å². The van der Waals surface area contributed by atoms with Crippen molar-refractivity contribution in [2.45, 2.75) is 95.1 Å². The van der Waals surface area contributed by atoms with Crippen molar-refractivity contribution in [3.63, 3.8) is 0 Å². The molecule has 0 amide bonds. The van der Waals surface area contributed by atoms with E-state index >= 15 is 0 Å². The number of rotatable bonds is 5. The number of benzene rings is 1. The summed E-state index contributed by atoms with van der Waals surface area (Å²) < 4.78 is 0. The van der Waals surface area contributed by atoms with Gasteiger partial charge in [0.2, 0.25) is 0 Å². The number of hydrogen-bond donors (Lipinski definition) is 0. The van der Waals surface area contributed by atoms with Gasteiger partial charge in [0.15, 0.2) is 0 Å². The SMILES string of the molecule is N#Cc1ccc(-c2cnc(CCSC3CCCCCCCCCCCCC3)nc2)cc1. The lowest BCUT2D eigenvalue weighted by Gasteiger charge is -2.17. The molecule has 0 radical (unpaired) electrons. The molecule has 0 saturated heterocycles. The van der Waals surface area contributed by atoms with E-state index in [1.165, 1.54) is 83.5 Å². The molecule has 0 spiro atoms. The van der Waals surface area contributed by atoms with Gasteiger partial charge in [-0.3, -0.25) is 0 Å². The Morgan fingerprint density at radius 2 is 1.26 bits per heavy atom. The maximum atomic E-state index is 8.94. The molecular formula is C27H37N3S. The Morgan fingerprint density at radius 1 is 0.742 bits per heavy atom. The molecule has 3 nitrogen and oxygen atoms in total. The van der Waals surface area contributed by atoms with Crippen molar-refractivity contribution in [1.82, 2.24) is 9.97 Å². The molecule has 0 atom stereocenters.